The normalized spacial score (nSPS) is 11.5. The monoisotopic (exact) mass is 201 g/mol. The molecule has 0 bridgehead atoms. The van der Waals surface area contributed by atoms with Crippen LogP contribution in [0.3, 0.4) is 0 Å². The van der Waals surface area contributed by atoms with Crippen LogP contribution in [-0.4, -0.2) is 10.9 Å². The Balaban J connectivity index is 0.00000144. The summed E-state index contributed by atoms with van der Waals surface area (Å²) in [4.78, 5) is 10.8. The first-order valence-corrected chi connectivity index (χ1v) is 3.66. The van der Waals surface area contributed by atoms with Gasteiger partial charge in [0.15, 0.2) is 5.78 Å². The zero-order valence-electron chi connectivity index (χ0n) is 7.23. The van der Waals surface area contributed by atoms with Gasteiger partial charge in [0.05, 0.1) is 6.04 Å². The van der Waals surface area contributed by atoms with Gasteiger partial charge in [-0.3, -0.25) is 4.79 Å². The topological polar surface area (TPSA) is 63.3 Å². The van der Waals surface area contributed by atoms with Crippen molar-refractivity contribution in [1.29, 1.82) is 0 Å². The average molecular weight is 202 g/mol. The largest absolute Gasteiger partial charge is 0.508 e. The lowest BCUT2D eigenvalue weighted by Gasteiger charge is -2.06. The zero-order valence-corrected chi connectivity index (χ0v) is 8.04. The molecular weight excluding hydrogens is 190 g/mol. The molecule has 72 valence electrons. The van der Waals surface area contributed by atoms with Gasteiger partial charge in [-0.1, -0.05) is 12.1 Å². The van der Waals surface area contributed by atoms with E-state index in [1.807, 2.05) is 0 Å². The molecule has 0 aliphatic rings. The second kappa shape index (κ2) is 4.84. The summed E-state index contributed by atoms with van der Waals surface area (Å²) in [7, 11) is 0. The number of Topliss-reactive ketones (excluding diaryl/α,β-unsaturated/α-hetero) is 1. The molecule has 0 aliphatic carbocycles. The first-order chi connectivity index (χ1) is 5.61. The number of phenols is 1. The Morgan fingerprint density at radius 3 is 2.23 bits per heavy atom. The number of benzene rings is 1. The molecule has 3 nitrogen and oxygen atoms in total. The Morgan fingerprint density at radius 1 is 1.38 bits per heavy atom. The van der Waals surface area contributed by atoms with E-state index in [0.29, 0.717) is 0 Å². The van der Waals surface area contributed by atoms with Crippen LogP contribution in [0.4, 0.5) is 0 Å². The van der Waals surface area contributed by atoms with Crippen molar-refractivity contribution in [2.24, 2.45) is 5.73 Å². The maximum Gasteiger partial charge on any atom is 0.150 e. The van der Waals surface area contributed by atoms with E-state index in [4.69, 9.17) is 10.8 Å². The molecule has 0 saturated carbocycles. The third-order valence-electron chi connectivity index (χ3n) is 1.69. The number of nitrogens with two attached hydrogens (primary N) is 1. The molecule has 0 heterocycles. The Kier molecular flexibility index (Phi) is 4.45. The summed E-state index contributed by atoms with van der Waals surface area (Å²) < 4.78 is 0. The quantitative estimate of drug-likeness (QED) is 0.761. The number of hydrogen-bond donors (Lipinski definition) is 2. The number of hydrogen-bond acceptors (Lipinski definition) is 3. The van der Waals surface area contributed by atoms with Gasteiger partial charge in [-0.15, -0.1) is 12.4 Å². The molecule has 0 spiro atoms. The van der Waals surface area contributed by atoms with Crippen LogP contribution in [0.25, 0.3) is 0 Å². The van der Waals surface area contributed by atoms with Crippen molar-refractivity contribution >= 4 is 18.2 Å². The van der Waals surface area contributed by atoms with E-state index in [0.717, 1.165) is 5.56 Å². The standard InChI is InChI=1S/C9H11NO2.ClH/c1-6(11)9(10)7-2-4-8(12)5-3-7;/h2-5,9,12H,10H2,1H3;1H. The SMILES string of the molecule is CC(=O)C(N)c1ccc(O)cc1.Cl. The van der Waals surface area contributed by atoms with Gasteiger partial charge in [-0.25, -0.2) is 0 Å². The molecule has 0 fully saturated rings. The van der Waals surface area contributed by atoms with Crippen molar-refractivity contribution in [3.05, 3.63) is 29.8 Å². The summed E-state index contributed by atoms with van der Waals surface area (Å²) in [6, 6.07) is 5.73. The van der Waals surface area contributed by atoms with Gasteiger partial charge in [0.25, 0.3) is 0 Å². The predicted molar refractivity (Wildman–Crippen MR) is 53.0 cm³/mol. The molecule has 4 heteroatoms. The van der Waals surface area contributed by atoms with Crippen LogP contribution in [0.15, 0.2) is 24.3 Å². The van der Waals surface area contributed by atoms with Crippen molar-refractivity contribution < 1.29 is 9.90 Å². The van der Waals surface area contributed by atoms with E-state index in [2.05, 4.69) is 0 Å². The maximum absolute atomic E-state index is 10.8. The number of phenolic OH excluding ortho intramolecular Hbond substituents is 1. The highest BCUT2D eigenvalue weighted by atomic mass is 35.5. The van der Waals surface area contributed by atoms with E-state index in [1.54, 1.807) is 12.1 Å². The van der Waals surface area contributed by atoms with E-state index in [-0.39, 0.29) is 23.9 Å². The van der Waals surface area contributed by atoms with Gasteiger partial charge < -0.3 is 10.8 Å². The number of halogens is 1. The highest BCUT2D eigenvalue weighted by molar-refractivity contribution is 5.85. The van der Waals surface area contributed by atoms with E-state index < -0.39 is 6.04 Å². The van der Waals surface area contributed by atoms with Crippen molar-refractivity contribution in [1.82, 2.24) is 0 Å². The fourth-order valence-electron chi connectivity index (χ4n) is 0.916. The second-order valence-electron chi connectivity index (χ2n) is 2.68. The Morgan fingerprint density at radius 2 is 1.85 bits per heavy atom. The van der Waals surface area contributed by atoms with Gasteiger partial charge in [-0.05, 0) is 24.6 Å². The summed E-state index contributed by atoms with van der Waals surface area (Å²) in [5, 5.41) is 8.95. The van der Waals surface area contributed by atoms with Gasteiger partial charge >= 0.3 is 0 Å². The molecule has 0 saturated heterocycles. The fourth-order valence-corrected chi connectivity index (χ4v) is 0.916. The second-order valence-corrected chi connectivity index (χ2v) is 2.68. The van der Waals surface area contributed by atoms with Gasteiger partial charge in [0, 0.05) is 0 Å². The lowest BCUT2D eigenvalue weighted by molar-refractivity contribution is -0.118. The van der Waals surface area contributed by atoms with E-state index in [1.165, 1.54) is 19.1 Å². The minimum atomic E-state index is -0.578. The molecule has 0 radical (unpaired) electrons. The lowest BCUT2D eigenvalue weighted by Crippen LogP contribution is -2.18. The summed E-state index contributed by atoms with van der Waals surface area (Å²) in [6.45, 7) is 1.44. The minimum absolute atomic E-state index is 0. The molecule has 0 amide bonds. The van der Waals surface area contributed by atoms with Gasteiger partial charge in [0.1, 0.15) is 5.75 Å². The number of carbonyl (C=O) groups is 1. The fraction of sp³-hybridized carbons (Fsp3) is 0.222. The highest BCUT2D eigenvalue weighted by Crippen LogP contribution is 2.15. The molecule has 1 atom stereocenters. The first-order valence-electron chi connectivity index (χ1n) is 3.66. The summed E-state index contributed by atoms with van der Waals surface area (Å²) in [5.74, 6) is 0.0928. The van der Waals surface area contributed by atoms with Crippen LogP contribution >= 0.6 is 12.4 Å². The van der Waals surface area contributed by atoms with Crippen molar-refractivity contribution in [2.75, 3.05) is 0 Å². The first kappa shape index (κ1) is 11.9. The van der Waals surface area contributed by atoms with Crippen LogP contribution in [0.5, 0.6) is 5.75 Å². The van der Waals surface area contributed by atoms with Gasteiger partial charge in [-0.2, -0.15) is 0 Å². The Hall–Kier alpha value is -1.06. The van der Waals surface area contributed by atoms with E-state index >= 15 is 0 Å². The lowest BCUT2D eigenvalue weighted by atomic mass is 10.0. The molecule has 0 aliphatic heterocycles. The number of carbonyl (C=O) groups excluding carboxylic acids is 1. The van der Waals surface area contributed by atoms with Crippen molar-refractivity contribution in [3.63, 3.8) is 0 Å². The van der Waals surface area contributed by atoms with Crippen molar-refractivity contribution in [2.45, 2.75) is 13.0 Å². The summed E-state index contributed by atoms with van der Waals surface area (Å²) in [6.07, 6.45) is 0. The Labute approximate surface area is 83.0 Å². The molecule has 1 rings (SSSR count). The molecule has 13 heavy (non-hydrogen) atoms. The highest BCUT2D eigenvalue weighted by Gasteiger charge is 2.09. The zero-order chi connectivity index (χ0) is 9.14. The molecule has 1 aromatic rings. The number of rotatable bonds is 2. The number of ketones is 1. The molecular formula is C9H12ClNO2. The molecule has 0 aromatic heterocycles. The van der Waals surface area contributed by atoms with Crippen LogP contribution in [0.2, 0.25) is 0 Å². The predicted octanol–water partition coefficient (Wildman–Crippen LogP) is 1.40. The maximum atomic E-state index is 10.8. The summed E-state index contributed by atoms with van der Waals surface area (Å²) >= 11 is 0. The van der Waals surface area contributed by atoms with Crippen LogP contribution in [0.1, 0.15) is 18.5 Å². The van der Waals surface area contributed by atoms with Crippen LogP contribution in [-0.2, 0) is 4.79 Å². The molecule has 1 aromatic carbocycles. The van der Waals surface area contributed by atoms with Gasteiger partial charge in [0.2, 0.25) is 0 Å². The average Bonchev–Trinajstić information content (AvgIpc) is 2.04. The van der Waals surface area contributed by atoms with Crippen molar-refractivity contribution in [3.8, 4) is 5.75 Å². The number of aromatic hydroxyl groups is 1. The van der Waals surface area contributed by atoms with Crippen LogP contribution in [0, 0.1) is 0 Å². The molecule has 1 unspecified atom stereocenters. The third kappa shape index (κ3) is 3.05. The smallest absolute Gasteiger partial charge is 0.150 e. The van der Waals surface area contributed by atoms with Crippen LogP contribution < -0.4 is 5.73 Å². The Bertz CT molecular complexity index is 284. The molecule has 3 N–H and O–H groups in total. The third-order valence-corrected chi connectivity index (χ3v) is 1.69. The van der Waals surface area contributed by atoms with E-state index in [9.17, 15) is 4.79 Å². The summed E-state index contributed by atoms with van der Waals surface area (Å²) in [5.41, 5.74) is 6.28. The minimum Gasteiger partial charge on any atom is -0.508 e.